The molecule has 0 radical (unpaired) electrons. The molecule has 10 heteroatoms. The molecule has 25 heavy (non-hydrogen) atoms. The number of nitrogens with zero attached hydrogens (tertiary/aromatic N) is 2. The summed E-state index contributed by atoms with van der Waals surface area (Å²) in [6, 6.07) is 0. The van der Waals surface area contributed by atoms with Gasteiger partial charge in [-0.2, -0.15) is 13.2 Å². The lowest BCUT2D eigenvalue weighted by atomic mass is 9.96. The topological polar surface area (TPSA) is 78.4 Å². The molecule has 0 saturated heterocycles. The zero-order chi connectivity index (χ0) is 19.1. The molecular weight excluding hydrogens is 355 g/mol. The Morgan fingerprint density at radius 3 is 2.28 bits per heavy atom. The molecule has 0 aliphatic heterocycles. The van der Waals surface area contributed by atoms with Crippen molar-refractivity contribution >= 4 is 23.2 Å². The molecule has 0 aromatic carbocycles. The molecule has 0 saturated carbocycles. The van der Waals surface area contributed by atoms with Crippen LogP contribution in [0.25, 0.3) is 0 Å². The summed E-state index contributed by atoms with van der Waals surface area (Å²) in [5.74, 6) is 0.471. The minimum Gasteiger partial charge on any atom is -0.356 e. The number of alkyl halides is 3. The van der Waals surface area contributed by atoms with Crippen LogP contribution in [0, 0.1) is 5.41 Å². The van der Waals surface area contributed by atoms with Crippen LogP contribution in [-0.2, 0) is 17.4 Å². The Morgan fingerprint density at radius 2 is 1.76 bits per heavy atom. The summed E-state index contributed by atoms with van der Waals surface area (Å²) in [6.45, 7) is 6.82. The van der Waals surface area contributed by atoms with Crippen LogP contribution in [0.3, 0.4) is 0 Å². The van der Waals surface area contributed by atoms with Crippen molar-refractivity contribution in [1.82, 2.24) is 20.9 Å². The van der Waals surface area contributed by atoms with Gasteiger partial charge in [0, 0.05) is 43.9 Å². The lowest BCUT2D eigenvalue weighted by Gasteiger charge is -2.18. The van der Waals surface area contributed by atoms with Crippen LogP contribution < -0.4 is 16.0 Å². The van der Waals surface area contributed by atoms with E-state index in [4.69, 9.17) is 0 Å². The number of aromatic nitrogens is 1. The first kappa shape index (κ1) is 21.2. The van der Waals surface area contributed by atoms with Gasteiger partial charge in [-0.05, 0) is 0 Å². The number of hydrogen-bond donors (Lipinski definition) is 3. The van der Waals surface area contributed by atoms with Gasteiger partial charge in [-0.15, -0.1) is 11.3 Å². The fourth-order valence-corrected chi connectivity index (χ4v) is 2.49. The van der Waals surface area contributed by atoms with E-state index in [-0.39, 0.29) is 5.91 Å². The number of hydrogen-bond acceptors (Lipinski definition) is 4. The average molecular weight is 379 g/mol. The third-order valence-electron chi connectivity index (χ3n) is 3.08. The van der Waals surface area contributed by atoms with Crippen molar-refractivity contribution in [2.45, 2.75) is 33.4 Å². The lowest BCUT2D eigenvalue weighted by Crippen LogP contribution is -2.43. The van der Waals surface area contributed by atoms with Crippen LogP contribution in [0.15, 0.2) is 10.4 Å². The molecule has 6 nitrogen and oxygen atoms in total. The molecule has 0 bridgehead atoms. The van der Waals surface area contributed by atoms with Gasteiger partial charge in [0.05, 0.1) is 5.01 Å². The number of rotatable bonds is 6. The Morgan fingerprint density at radius 1 is 1.16 bits per heavy atom. The Hall–Kier alpha value is -1.84. The highest BCUT2D eigenvalue weighted by Gasteiger charge is 2.33. The predicted octanol–water partition coefficient (Wildman–Crippen LogP) is 2.03. The van der Waals surface area contributed by atoms with E-state index in [9.17, 15) is 18.0 Å². The van der Waals surface area contributed by atoms with Crippen molar-refractivity contribution in [2.24, 2.45) is 10.4 Å². The second kappa shape index (κ2) is 9.02. The normalized spacial score (nSPS) is 12.8. The van der Waals surface area contributed by atoms with Gasteiger partial charge < -0.3 is 16.0 Å². The van der Waals surface area contributed by atoms with Crippen LogP contribution in [0.4, 0.5) is 13.2 Å². The van der Waals surface area contributed by atoms with Gasteiger partial charge in [0.2, 0.25) is 5.91 Å². The quantitative estimate of drug-likeness (QED) is 0.402. The van der Waals surface area contributed by atoms with E-state index in [1.54, 1.807) is 7.05 Å². The molecular formula is C15H24F3N5OS. The highest BCUT2D eigenvalue weighted by Crippen LogP contribution is 2.29. The highest BCUT2D eigenvalue weighted by atomic mass is 32.1. The van der Waals surface area contributed by atoms with Gasteiger partial charge in [-0.1, -0.05) is 20.8 Å². The number of halogens is 3. The Balaban J connectivity index is 2.29. The number of carbonyl (C=O) groups excluding carboxylic acids is 1. The summed E-state index contributed by atoms with van der Waals surface area (Å²) < 4.78 is 37.4. The van der Waals surface area contributed by atoms with E-state index in [1.165, 1.54) is 0 Å². The largest absolute Gasteiger partial charge is 0.434 e. The summed E-state index contributed by atoms with van der Waals surface area (Å²) in [7, 11) is 1.59. The molecule has 1 aromatic heterocycles. The van der Waals surface area contributed by atoms with Crippen molar-refractivity contribution in [3.05, 3.63) is 16.1 Å². The van der Waals surface area contributed by atoms with Crippen LogP contribution >= 0.6 is 11.3 Å². The molecule has 0 spiro atoms. The minimum atomic E-state index is -4.41. The van der Waals surface area contributed by atoms with Gasteiger partial charge >= 0.3 is 6.18 Å². The van der Waals surface area contributed by atoms with Gasteiger partial charge in [0.1, 0.15) is 0 Å². The summed E-state index contributed by atoms with van der Waals surface area (Å²) >= 11 is 0.984. The van der Waals surface area contributed by atoms with E-state index in [0.717, 1.165) is 16.7 Å². The van der Waals surface area contributed by atoms with E-state index >= 15 is 0 Å². The van der Waals surface area contributed by atoms with E-state index in [0.29, 0.717) is 37.0 Å². The number of aliphatic imine (C=N–C) groups is 1. The molecule has 0 aliphatic rings. The predicted molar refractivity (Wildman–Crippen MR) is 92.6 cm³/mol. The molecule has 1 amide bonds. The molecule has 0 atom stereocenters. The Labute approximate surface area is 149 Å². The lowest BCUT2D eigenvalue weighted by molar-refractivity contribution is -0.140. The third-order valence-corrected chi connectivity index (χ3v) is 3.99. The fraction of sp³-hybridized carbons (Fsp3) is 0.667. The first-order chi connectivity index (χ1) is 11.5. The molecule has 142 valence electrons. The SMILES string of the molecule is CN=C(NCCNC(=O)C(C)(C)C)NCCc1nc(C(F)(F)F)cs1. The van der Waals surface area contributed by atoms with Crippen LogP contribution in [-0.4, -0.2) is 43.5 Å². The minimum absolute atomic E-state index is 0.0403. The number of amides is 1. The summed E-state index contributed by atoms with van der Waals surface area (Å²) in [6.07, 6.45) is -4.04. The van der Waals surface area contributed by atoms with E-state index in [1.807, 2.05) is 20.8 Å². The number of nitrogens with one attached hydrogen (secondary N) is 3. The number of carbonyl (C=O) groups is 1. The second-order valence-corrected chi connectivity index (χ2v) is 7.25. The van der Waals surface area contributed by atoms with Crippen molar-refractivity contribution in [1.29, 1.82) is 0 Å². The molecule has 1 aromatic rings. The van der Waals surface area contributed by atoms with Gasteiger partial charge in [-0.25, -0.2) is 4.98 Å². The molecule has 3 N–H and O–H groups in total. The smallest absolute Gasteiger partial charge is 0.356 e. The first-order valence-electron chi connectivity index (χ1n) is 7.78. The summed E-state index contributed by atoms with van der Waals surface area (Å²) in [5.41, 5.74) is -1.30. The third kappa shape index (κ3) is 7.72. The Bertz CT molecular complexity index is 593. The van der Waals surface area contributed by atoms with Crippen LogP contribution in [0.2, 0.25) is 0 Å². The summed E-state index contributed by atoms with van der Waals surface area (Å²) in [5, 5.41) is 10.2. The van der Waals surface area contributed by atoms with Crippen molar-refractivity contribution in [2.75, 3.05) is 26.7 Å². The van der Waals surface area contributed by atoms with Crippen LogP contribution in [0.1, 0.15) is 31.5 Å². The van der Waals surface area contributed by atoms with E-state index < -0.39 is 17.3 Å². The van der Waals surface area contributed by atoms with Crippen molar-refractivity contribution < 1.29 is 18.0 Å². The monoisotopic (exact) mass is 379 g/mol. The number of guanidine groups is 1. The van der Waals surface area contributed by atoms with Crippen molar-refractivity contribution in [3.63, 3.8) is 0 Å². The molecule has 0 aliphatic carbocycles. The standard InChI is InChI=1S/C15H24F3N5OS/c1-14(2,3)12(24)20-7-8-22-13(19-4)21-6-5-11-23-10(9-25-11)15(16,17)18/h9H,5-8H2,1-4H3,(H,20,24)(H2,19,21,22). The summed E-state index contributed by atoms with van der Waals surface area (Å²) in [4.78, 5) is 19.3. The first-order valence-corrected chi connectivity index (χ1v) is 8.66. The highest BCUT2D eigenvalue weighted by molar-refractivity contribution is 7.09. The van der Waals surface area contributed by atoms with Gasteiger partial charge in [-0.3, -0.25) is 9.79 Å². The van der Waals surface area contributed by atoms with Gasteiger partial charge in [0.25, 0.3) is 0 Å². The molecule has 0 unspecified atom stereocenters. The molecule has 1 heterocycles. The van der Waals surface area contributed by atoms with E-state index in [2.05, 4.69) is 25.9 Å². The second-order valence-electron chi connectivity index (χ2n) is 6.31. The molecule has 0 fully saturated rings. The maximum absolute atomic E-state index is 12.5. The van der Waals surface area contributed by atoms with Gasteiger partial charge in [0.15, 0.2) is 11.7 Å². The fourth-order valence-electron chi connectivity index (χ4n) is 1.69. The van der Waals surface area contributed by atoms with Crippen LogP contribution in [0.5, 0.6) is 0 Å². The maximum Gasteiger partial charge on any atom is 0.434 e. The van der Waals surface area contributed by atoms with Crippen molar-refractivity contribution in [3.8, 4) is 0 Å². The zero-order valence-corrected chi connectivity index (χ0v) is 15.6. The maximum atomic E-state index is 12.5. The molecule has 1 rings (SSSR count). The Kier molecular flexibility index (Phi) is 7.65. The zero-order valence-electron chi connectivity index (χ0n) is 14.8. The number of thiazole rings is 1. The average Bonchev–Trinajstić information content (AvgIpc) is 2.97.